The summed E-state index contributed by atoms with van der Waals surface area (Å²) in [7, 11) is -2.97. The SMILES string of the molecule is COCN(c1nc(OC[C@H](N)CC(C)C)cc(-c2c(C)cccc2C)n1)S(=O)(=O)c1cccc(C(=O)O)c1. The summed E-state index contributed by atoms with van der Waals surface area (Å²) in [6, 6.07) is 12.3. The minimum Gasteiger partial charge on any atom is -0.478 e. The summed E-state index contributed by atoms with van der Waals surface area (Å²) in [5.41, 5.74) is 9.19. The van der Waals surface area contributed by atoms with E-state index in [0.29, 0.717) is 11.6 Å². The molecule has 1 aromatic heterocycles. The number of rotatable bonds is 12. The Labute approximate surface area is 223 Å². The second kappa shape index (κ2) is 12.3. The molecule has 0 spiro atoms. The molecule has 0 bridgehead atoms. The summed E-state index contributed by atoms with van der Waals surface area (Å²) in [5.74, 6) is -0.895. The smallest absolute Gasteiger partial charge is 0.335 e. The lowest BCUT2D eigenvalue weighted by Crippen LogP contribution is -2.35. The van der Waals surface area contributed by atoms with Gasteiger partial charge in [0.05, 0.1) is 16.2 Å². The molecule has 38 heavy (non-hydrogen) atoms. The van der Waals surface area contributed by atoms with Crippen molar-refractivity contribution in [1.82, 2.24) is 9.97 Å². The zero-order valence-corrected chi connectivity index (χ0v) is 23.0. The van der Waals surface area contributed by atoms with Crippen molar-refractivity contribution in [3.8, 4) is 17.1 Å². The molecule has 0 amide bonds. The maximum atomic E-state index is 13.7. The number of benzene rings is 2. The molecule has 1 atom stereocenters. The molecule has 204 valence electrons. The Morgan fingerprint density at radius 2 is 1.74 bits per heavy atom. The fraction of sp³-hybridized carbons (Fsp3) is 0.370. The summed E-state index contributed by atoms with van der Waals surface area (Å²) in [4.78, 5) is 20.2. The van der Waals surface area contributed by atoms with Gasteiger partial charge >= 0.3 is 5.97 Å². The van der Waals surface area contributed by atoms with E-state index in [1.807, 2.05) is 32.0 Å². The molecule has 0 aliphatic heterocycles. The number of aromatic carboxylic acids is 1. The van der Waals surface area contributed by atoms with Gasteiger partial charge in [0.1, 0.15) is 13.3 Å². The number of nitrogens with two attached hydrogens (primary N) is 1. The topological polar surface area (TPSA) is 145 Å². The maximum Gasteiger partial charge on any atom is 0.335 e. The molecule has 0 saturated heterocycles. The number of ether oxygens (including phenoxy) is 2. The molecule has 10 nitrogen and oxygen atoms in total. The minimum absolute atomic E-state index is 0.155. The van der Waals surface area contributed by atoms with E-state index >= 15 is 0 Å². The van der Waals surface area contributed by atoms with Crippen LogP contribution in [0.2, 0.25) is 0 Å². The van der Waals surface area contributed by atoms with Crippen LogP contribution in [-0.2, 0) is 14.8 Å². The van der Waals surface area contributed by atoms with Gasteiger partial charge in [-0.2, -0.15) is 4.98 Å². The number of hydrogen-bond acceptors (Lipinski definition) is 8. The Morgan fingerprint density at radius 1 is 1.08 bits per heavy atom. The van der Waals surface area contributed by atoms with Crippen LogP contribution in [-0.4, -0.2) is 56.0 Å². The van der Waals surface area contributed by atoms with Crippen molar-refractivity contribution in [3.05, 3.63) is 65.2 Å². The molecular weight excluding hydrogens is 508 g/mol. The quantitative estimate of drug-likeness (QED) is 0.324. The Hall–Kier alpha value is -3.54. The van der Waals surface area contributed by atoms with E-state index in [4.69, 9.17) is 15.2 Å². The number of sulfonamides is 1. The molecule has 0 fully saturated rings. The van der Waals surface area contributed by atoms with Crippen LogP contribution in [0.15, 0.2) is 53.4 Å². The van der Waals surface area contributed by atoms with Crippen LogP contribution in [0.5, 0.6) is 5.88 Å². The average Bonchev–Trinajstić information content (AvgIpc) is 2.85. The fourth-order valence-electron chi connectivity index (χ4n) is 4.08. The zero-order valence-electron chi connectivity index (χ0n) is 22.2. The van der Waals surface area contributed by atoms with Crippen molar-refractivity contribution in [2.75, 3.05) is 24.8 Å². The summed E-state index contributed by atoms with van der Waals surface area (Å²) >= 11 is 0. The normalized spacial score (nSPS) is 12.4. The monoisotopic (exact) mass is 542 g/mol. The Bertz CT molecular complexity index is 1370. The van der Waals surface area contributed by atoms with Crippen LogP contribution in [0.25, 0.3) is 11.3 Å². The molecule has 0 aliphatic carbocycles. The van der Waals surface area contributed by atoms with Gasteiger partial charge in [-0.25, -0.2) is 22.5 Å². The van der Waals surface area contributed by atoms with Gasteiger partial charge in [0.25, 0.3) is 10.0 Å². The van der Waals surface area contributed by atoms with Crippen LogP contribution < -0.4 is 14.8 Å². The lowest BCUT2D eigenvalue weighted by atomic mass is 10.00. The van der Waals surface area contributed by atoms with E-state index in [0.717, 1.165) is 33.5 Å². The number of methoxy groups -OCH3 is 1. The van der Waals surface area contributed by atoms with E-state index in [1.54, 1.807) is 6.07 Å². The molecule has 0 radical (unpaired) electrons. The Balaban J connectivity index is 2.15. The second-order valence-electron chi connectivity index (χ2n) is 9.46. The van der Waals surface area contributed by atoms with Crippen molar-refractivity contribution >= 4 is 21.9 Å². The molecule has 3 N–H and O–H groups in total. The molecule has 2 aromatic carbocycles. The predicted molar refractivity (Wildman–Crippen MR) is 145 cm³/mol. The van der Waals surface area contributed by atoms with E-state index in [9.17, 15) is 18.3 Å². The highest BCUT2D eigenvalue weighted by Crippen LogP contribution is 2.31. The highest BCUT2D eigenvalue weighted by atomic mass is 32.2. The second-order valence-corrected chi connectivity index (χ2v) is 11.3. The molecule has 3 aromatic rings. The number of carbonyl (C=O) groups is 1. The maximum absolute atomic E-state index is 13.7. The number of anilines is 1. The molecule has 11 heteroatoms. The third-order valence-electron chi connectivity index (χ3n) is 5.79. The zero-order chi connectivity index (χ0) is 28.0. The molecule has 0 unspecified atom stereocenters. The van der Waals surface area contributed by atoms with Crippen molar-refractivity contribution in [1.29, 1.82) is 0 Å². The standard InChI is InChI=1S/C27H34N4O6S/c1-17(2)12-21(28)15-37-24-14-23(25-18(3)8-6-9-19(25)4)29-27(30-24)31(16-36-5)38(34,35)22-11-7-10-20(13-22)26(32)33/h6-11,13-14,17,21H,12,15-16,28H2,1-5H3,(H,32,33)/t21-/m1/s1. The van der Waals surface area contributed by atoms with Crippen molar-refractivity contribution < 1.29 is 27.8 Å². The molecule has 0 saturated carbocycles. The number of nitrogens with zero attached hydrogens (tertiary/aromatic N) is 3. The Morgan fingerprint density at radius 3 is 2.34 bits per heavy atom. The van der Waals surface area contributed by atoms with E-state index in [1.165, 1.54) is 25.3 Å². The van der Waals surface area contributed by atoms with Gasteiger partial charge in [-0.3, -0.25) is 0 Å². The molecular formula is C27H34N4O6S. The Kier molecular flexibility index (Phi) is 9.42. The van der Waals surface area contributed by atoms with Gasteiger partial charge in [0.15, 0.2) is 0 Å². The predicted octanol–water partition coefficient (Wildman–Crippen LogP) is 4.01. The van der Waals surface area contributed by atoms with Gasteiger partial charge in [-0.05, 0) is 55.5 Å². The van der Waals surface area contributed by atoms with Crippen molar-refractivity contribution in [2.45, 2.75) is 45.1 Å². The fourth-order valence-corrected chi connectivity index (χ4v) is 5.40. The summed E-state index contributed by atoms with van der Waals surface area (Å²) in [6.45, 7) is 7.76. The van der Waals surface area contributed by atoms with Gasteiger partial charge in [-0.15, -0.1) is 0 Å². The third-order valence-corrected chi connectivity index (χ3v) is 7.48. The molecule has 1 heterocycles. The summed E-state index contributed by atoms with van der Waals surface area (Å²) in [5, 5.41) is 9.36. The molecule has 3 rings (SSSR count). The van der Waals surface area contributed by atoms with Gasteiger partial charge in [0.2, 0.25) is 11.8 Å². The lowest BCUT2D eigenvalue weighted by molar-refractivity contribution is 0.0696. The lowest BCUT2D eigenvalue weighted by Gasteiger charge is -2.23. The first-order valence-corrected chi connectivity index (χ1v) is 13.6. The molecule has 0 aliphatic rings. The number of aromatic nitrogens is 2. The first kappa shape index (κ1) is 29.0. The highest BCUT2D eigenvalue weighted by Gasteiger charge is 2.29. The number of carboxylic acid groups (broad SMARTS) is 1. The van der Waals surface area contributed by atoms with Gasteiger partial charge in [-0.1, -0.05) is 38.1 Å². The first-order chi connectivity index (χ1) is 17.9. The average molecular weight is 543 g/mol. The van der Waals surface area contributed by atoms with Crippen LogP contribution in [0.1, 0.15) is 41.8 Å². The number of hydrogen-bond donors (Lipinski definition) is 2. The van der Waals surface area contributed by atoms with Crippen molar-refractivity contribution in [3.63, 3.8) is 0 Å². The first-order valence-electron chi connectivity index (χ1n) is 12.1. The van der Waals surface area contributed by atoms with Crippen molar-refractivity contribution in [2.24, 2.45) is 11.7 Å². The van der Waals surface area contributed by atoms with E-state index in [-0.39, 0.29) is 34.9 Å². The van der Waals surface area contributed by atoms with Crippen LogP contribution >= 0.6 is 0 Å². The minimum atomic E-state index is -4.32. The van der Waals surface area contributed by atoms with E-state index in [2.05, 4.69) is 23.8 Å². The highest BCUT2D eigenvalue weighted by molar-refractivity contribution is 7.92. The summed E-state index contributed by atoms with van der Waals surface area (Å²) in [6.07, 6.45) is 0.742. The number of aryl methyl sites for hydroxylation is 2. The summed E-state index contributed by atoms with van der Waals surface area (Å²) < 4.78 is 39.4. The number of carboxylic acids is 1. The van der Waals surface area contributed by atoms with E-state index < -0.39 is 22.7 Å². The van der Waals surface area contributed by atoms with Crippen LogP contribution in [0, 0.1) is 19.8 Å². The third kappa shape index (κ3) is 6.85. The van der Waals surface area contributed by atoms with Gasteiger partial charge < -0.3 is 20.3 Å². The largest absolute Gasteiger partial charge is 0.478 e. The van der Waals surface area contributed by atoms with Crippen LogP contribution in [0.3, 0.4) is 0 Å². The van der Waals surface area contributed by atoms with Gasteiger partial charge in [0, 0.05) is 24.8 Å². The van der Waals surface area contributed by atoms with Crippen LogP contribution in [0.4, 0.5) is 5.95 Å².